The molecule has 0 bridgehead atoms. The lowest BCUT2D eigenvalue weighted by atomic mass is 9.81. The van der Waals surface area contributed by atoms with Gasteiger partial charge in [-0.3, -0.25) is 0 Å². The monoisotopic (exact) mass is 289 g/mol. The second-order valence-electron chi connectivity index (χ2n) is 7.09. The fourth-order valence-corrected chi connectivity index (χ4v) is 2.81. The molecule has 1 aromatic heterocycles. The molecule has 2 aliphatic heterocycles. The first-order chi connectivity index (χ1) is 9.80. The Morgan fingerprint density at radius 3 is 2.19 bits per heavy atom. The zero-order valence-electron chi connectivity index (χ0n) is 13.6. The first kappa shape index (κ1) is 14.8. The molecule has 0 amide bonds. The van der Waals surface area contributed by atoms with Gasteiger partial charge in [0.25, 0.3) is 0 Å². The Kier molecular flexibility index (Phi) is 3.49. The minimum Gasteiger partial charge on any atom is -0.399 e. The number of rotatable bonds is 2. The zero-order valence-corrected chi connectivity index (χ0v) is 13.6. The van der Waals surface area contributed by atoms with Gasteiger partial charge >= 0.3 is 7.12 Å². The summed E-state index contributed by atoms with van der Waals surface area (Å²) in [4.78, 5) is 11.3. The molecule has 0 N–H and O–H groups in total. The van der Waals surface area contributed by atoms with E-state index in [4.69, 9.17) is 9.31 Å². The van der Waals surface area contributed by atoms with Crippen LogP contribution in [0.25, 0.3) is 0 Å². The van der Waals surface area contributed by atoms with E-state index in [0.717, 1.165) is 18.0 Å². The molecule has 2 saturated heterocycles. The standard InChI is InChI=1S/C15H24BN3O2/c1-11-7-6-8-19(11)13-17-9-12(10-18-13)16-20-14(2,3)15(4,5)21-16/h9-11H,6-8H2,1-5H3/t11-/m0/s1. The van der Waals surface area contributed by atoms with Crippen LogP contribution in [0.4, 0.5) is 5.95 Å². The van der Waals surface area contributed by atoms with Crippen LogP contribution in [0.5, 0.6) is 0 Å². The minimum absolute atomic E-state index is 0.334. The highest BCUT2D eigenvalue weighted by Gasteiger charge is 2.52. The Hall–Kier alpha value is -1.14. The maximum Gasteiger partial charge on any atom is 0.498 e. The molecule has 1 atom stereocenters. The van der Waals surface area contributed by atoms with Crippen molar-refractivity contribution in [1.82, 2.24) is 9.97 Å². The van der Waals surface area contributed by atoms with E-state index in [-0.39, 0.29) is 18.3 Å². The Morgan fingerprint density at radius 2 is 1.71 bits per heavy atom. The molecule has 5 nitrogen and oxygen atoms in total. The lowest BCUT2D eigenvalue weighted by Crippen LogP contribution is -2.41. The van der Waals surface area contributed by atoms with Crippen molar-refractivity contribution in [2.45, 2.75) is 64.7 Å². The molecular weight excluding hydrogens is 265 g/mol. The maximum absolute atomic E-state index is 6.02. The second-order valence-corrected chi connectivity index (χ2v) is 7.09. The Bertz CT molecular complexity index is 502. The van der Waals surface area contributed by atoms with Gasteiger partial charge in [0.1, 0.15) is 0 Å². The van der Waals surface area contributed by atoms with Gasteiger partial charge in [0.2, 0.25) is 5.95 Å². The molecule has 3 rings (SSSR count). The van der Waals surface area contributed by atoms with Gasteiger partial charge < -0.3 is 14.2 Å². The highest BCUT2D eigenvalue weighted by atomic mass is 16.7. The number of hydrogen-bond acceptors (Lipinski definition) is 5. The molecule has 2 fully saturated rings. The molecule has 0 saturated carbocycles. The van der Waals surface area contributed by atoms with E-state index >= 15 is 0 Å². The zero-order chi connectivity index (χ0) is 15.3. The first-order valence-corrected chi connectivity index (χ1v) is 7.74. The van der Waals surface area contributed by atoms with Crippen LogP contribution in [0.15, 0.2) is 12.4 Å². The van der Waals surface area contributed by atoms with Gasteiger partial charge in [0.05, 0.1) is 11.2 Å². The average Bonchev–Trinajstić information content (AvgIpc) is 2.92. The van der Waals surface area contributed by atoms with Gasteiger partial charge in [-0.05, 0) is 47.5 Å². The van der Waals surface area contributed by atoms with Gasteiger partial charge in [-0.2, -0.15) is 0 Å². The molecule has 1 aromatic rings. The molecule has 21 heavy (non-hydrogen) atoms. The third-order valence-corrected chi connectivity index (χ3v) is 4.99. The topological polar surface area (TPSA) is 47.5 Å². The lowest BCUT2D eigenvalue weighted by Gasteiger charge is -2.32. The smallest absolute Gasteiger partial charge is 0.399 e. The molecule has 3 heterocycles. The van der Waals surface area contributed by atoms with E-state index in [1.807, 2.05) is 40.1 Å². The maximum atomic E-state index is 6.02. The van der Waals surface area contributed by atoms with Crippen molar-refractivity contribution in [3.8, 4) is 0 Å². The summed E-state index contributed by atoms with van der Waals surface area (Å²) in [6.45, 7) is 11.5. The Morgan fingerprint density at radius 1 is 1.14 bits per heavy atom. The molecule has 114 valence electrons. The summed E-state index contributed by atoms with van der Waals surface area (Å²) in [6.07, 6.45) is 6.08. The van der Waals surface area contributed by atoms with Gasteiger partial charge in [-0.1, -0.05) is 0 Å². The summed E-state index contributed by atoms with van der Waals surface area (Å²) in [6, 6.07) is 0.521. The van der Waals surface area contributed by atoms with Crippen molar-refractivity contribution in [3.05, 3.63) is 12.4 Å². The molecule has 0 spiro atoms. The lowest BCUT2D eigenvalue weighted by molar-refractivity contribution is 0.00578. The van der Waals surface area contributed by atoms with Gasteiger partial charge in [-0.15, -0.1) is 0 Å². The number of hydrogen-bond donors (Lipinski definition) is 0. The summed E-state index contributed by atoms with van der Waals surface area (Å²) in [5, 5.41) is 0. The third kappa shape index (κ3) is 2.55. The molecule has 6 heteroatoms. The van der Waals surface area contributed by atoms with E-state index in [0.29, 0.717) is 6.04 Å². The van der Waals surface area contributed by atoms with E-state index in [1.54, 1.807) is 0 Å². The van der Waals surface area contributed by atoms with Crippen LogP contribution < -0.4 is 10.4 Å². The fraction of sp³-hybridized carbons (Fsp3) is 0.733. The third-order valence-electron chi connectivity index (χ3n) is 4.99. The SMILES string of the molecule is C[C@H]1CCCN1c1ncc(B2OC(C)(C)C(C)(C)O2)cn1. The largest absolute Gasteiger partial charge is 0.498 e. The summed E-state index contributed by atoms with van der Waals surface area (Å²) in [7, 11) is -0.389. The molecule has 0 unspecified atom stereocenters. The molecular formula is C15H24BN3O2. The van der Waals surface area contributed by atoms with E-state index in [9.17, 15) is 0 Å². The van der Waals surface area contributed by atoms with E-state index in [1.165, 1.54) is 12.8 Å². The van der Waals surface area contributed by atoms with E-state index < -0.39 is 0 Å². The normalized spacial score (nSPS) is 27.4. The summed E-state index contributed by atoms with van der Waals surface area (Å²) < 4.78 is 12.0. The van der Waals surface area contributed by atoms with Crippen molar-refractivity contribution in [3.63, 3.8) is 0 Å². The van der Waals surface area contributed by atoms with Crippen molar-refractivity contribution in [2.24, 2.45) is 0 Å². The molecule has 0 radical (unpaired) electrons. The van der Waals surface area contributed by atoms with Crippen LogP contribution in [-0.2, 0) is 9.31 Å². The predicted octanol–water partition coefficient (Wildman–Crippen LogP) is 1.76. The van der Waals surface area contributed by atoms with Crippen molar-refractivity contribution in [1.29, 1.82) is 0 Å². The molecule has 0 aliphatic carbocycles. The van der Waals surface area contributed by atoms with Gasteiger partial charge in [-0.25, -0.2) is 9.97 Å². The van der Waals surface area contributed by atoms with Crippen LogP contribution in [0.1, 0.15) is 47.5 Å². The van der Waals surface area contributed by atoms with Crippen LogP contribution in [0.3, 0.4) is 0 Å². The van der Waals surface area contributed by atoms with Crippen LogP contribution in [0, 0.1) is 0 Å². The predicted molar refractivity (Wildman–Crippen MR) is 83.8 cm³/mol. The van der Waals surface area contributed by atoms with Gasteiger partial charge in [0, 0.05) is 30.4 Å². The fourth-order valence-electron chi connectivity index (χ4n) is 2.81. The van der Waals surface area contributed by atoms with Crippen LogP contribution in [-0.4, -0.2) is 40.9 Å². The molecule has 2 aliphatic rings. The first-order valence-electron chi connectivity index (χ1n) is 7.74. The summed E-state index contributed by atoms with van der Waals surface area (Å²) >= 11 is 0. The summed E-state index contributed by atoms with van der Waals surface area (Å²) in [5.41, 5.74) is 0.212. The Balaban J connectivity index is 1.76. The average molecular weight is 289 g/mol. The Labute approximate surface area is 127 Å². The highest BCUT2D eigenvalue weighted by molar-refractivity contribution is 6.61. The highest BCUT2D eigenvalue weighted by Crippen LogP contribution is 2.36. The number of anilines is 1. The number of aromatic nitrogens is 2. The second kappa shape index (κ2) is 4.95. The number of nitrogens with zero attached hydrogens (tertiary/aromatic N) is 3. The molecule has 0 aromatic carbocycles. The summed E-state index contributed by atoms with van der Waals surface area (Å²) in [5.74, 6) is 0.806. The van der Waals surface area contributed by atoms with Crippen molar-refractivity contribution < 1.29 is 9.31 Å². The minimum atomic E-state index is -0.389. The quantitative estimate of drug-likeness (QED) is 0.776. The van der Waals surface area contributed by atoms with E-state index in [2.05, 4.69) is 21.8 Å². The van der Waals surface area contributed by atoms with Gasteiger partial charge in [0.15, 0.2) is 0 Å². The van der Waals surface area contributed by atoms with Crippen molar-refractivity contribution in [2.75, 3.05) is 11.4 Å². The van der Waals surface area contributed by atoms with Crippen molar-refractivity contribution >= 4 is 18.5 Å². The van der Waals surface area contributed by atoms with Crippen LogP contribution >= 0.6 is 0 Å². The van der Waals surface area contributed by atoms with Crippen LogP contribution in [0.2, 0.25) is 0 Å².